The highest BCUT2D eigenvalue weighted by atomic mass is 15.1. The lowest BCUT2D eigenvalue weighted by atomic mass is 9.98. The molecular weight excluding hydrogens is 248 g/mol. The van der Waals surface area contributed by atoms with Crippen LogP contribution in [0.3, 0.4) is 0 Å². The molecule has 0 saturated heterocycles. The van der Waals surface area contributed by atoms with Gasteiger partial charge in [-0.15, -0.1) is 0 Å². The van der Waals surface area contributed by atoms with Crippen LogP contribution >= 0.6 is 0 Å². The summed E-state index contributed by atoms with van der Waals surface area (Å²) in [6, 6.07) is 10.6. The van der Waals surface area contributed by atoms with Crippen molar-refractivity contribution in [3.05, 3.63) is 47.7 Å². The van der Waals surface area contributed by atoms with Crippen molar-refractivity contribution in [3.63, 3.8) is 0 Å². The molecule has 0 amide bonds. The first-order chi connectivity index (χ1) is 9.83. The third-order valence-corrected chi connectivity index (χ3v) is 3.98. The Morgan fingerprint density at radius 1 is 1.20 bits per heavy atom. The summed E-state index contributed by atoms with van der Waals surface area (Å²) in [6.07, 6.45) is 2.92. The van der Waals surface area contributed by atoms with E-state index in [-0.39, 0.29) is 0 Å². The number of nitrogens with zero attached hydrogens (tertiary/aromatic N) is 3. The number of benzene rings is 1. The lowest BCUT2D eigenvalue weighted by Crippen LogP contribution is -2.23. The van der Waals surface area contributed by atoms with Gasteiger partial charge in [-0.25, -0.2) is 9.97 Å². The number of pyridine rings is 1. The summed E-state index contributed by atoms with van der Waals surface area (Å²) in [5.41, 5.74) is 5.87. The van der Waals surface area contributed by atoms with Crippen LogP contribution in [0.4, 0.5) is 0 Å². The summed E-state index contributed by atoms with van der Waals surface area (Å²) in [7, 11) is 2.02. The second-order valence-corrected chi connectivity index (χ2v) is 5.25. The summed E-state index contributed by atoms with van der Waals surface area (Å²) in [5, 5.41) is 3.42. The number of nitrogens with one attached hydrogen (secondary N) is 1. The molecule has 3 heterocycles. The Bertz CT molecular complexity index is 788. The van der Waals surface area contributed by atoms with Crippen LogP contribution in [0.2, 0.25) is 0 Å². The molecule has 0 spiro atoms. The van der Waals surface area contributed by atoms with Crippen LogP contribution < -0.4 is 5.32 Å². The van der Waals surface area contributed by atoms with Gasteiger partial charge in [-0.1, -0.05) is 12.1 Å². The van der Waals surface area contributed by atoms with Gasteiger partial charge >= 0.3 is 0 Å². The van der Waals surface area contributed by atoms with Gasteiger partial charge in [0.25, 0.3) is 0 Å². The summed E-state index contributed by atoms with van der Waals surface area (Å²) in [6.45, 7) is 2.02. The van der Waals surface area contributed by atoms with E-state index < -0.39 is 0 Å². The van der Waals surface area contributed by atoms with Gasteiger partial charge in [-0.2, -0.15) is 0 Å². The monoisotopic (exact) mass is 264 g/mol. The molecule has 1 aromatic carbocycles. The highest BCUT2D eigenvalue weighted by Crippen LogP contribution is 2.25. The summed E-state index contributed by atoms with van der Waals surface area (Å²) >= 11 is 0. The Morgan fingerprint density at radius 2 is 2.15 bits per heavy atom. The van der Waals surface area contributed by atoms with E-state index in [1.165, 1.54) is 11.1 Å². The van der Waals surface area contributed by atoms with Crippen molar-refractivity contribution in [3.8, 4) is 11.4 Å². The van der Waals surface area contributed by atoms with Crippen LogP contribution in [-0.2, 0) is 20.0 Å². The zero-order valence-electron chi connectivity index (χ0n) is 11.4. The molecule has 0 unspecified atom stereocenters. The molecule has 100 valence electrons. The Morgan fingerprint density at radius 3 is 3.05 bits per heavy atom. The van der Waals surface area contributed by atoms with Crippen molar-refractivity contribution < 1.29 is 0 Å². The average Bonchev–Trinajstić information content (AvgIpc) is 2.84. The molecule has 1 aliphatic heterocycles. The number of rotatable bonds is 1. The summed E-state index contributed by atoms with van der Waals surface area (Å²) in [5.74, 6) is 0.979. The number of hydrogen-bond acceptors (Lipinski definition) is 3. The molecule has 1 N–H and O–H groups in total. The zero-order chi connectivity index (χ0) is 13.5. The molecule has 0 radical (unpaired) electrons. The molecule has 0 saturated carbocycles. The molecule has 2 aromatic heterocycles. The maximum Gasteiger partial charge on any atom is 0.159 e. The number of aryl methyl sites for hydroxylation is 1. The SMILES string of the molecule is Cn1c(-c2ccc3c(c2)CNCC3)nc2cccnc21. The highest BCUT2D eigenvalue weighted by Gasteiger charge is 2.14. The number of fused-ring (bicyclic) bond motifs is 2. The Kier molecular flexibility index (Phi) is 2.57. The van der Waals surface area contributed by atoms with Gasteiger partial charge < -0.3 is 9.88 Å². The smallest absolute Gasteiger partial charge is 0.159 e. The van der Waals surface area contributed by atoms with E-state index in [4.69, 9.17) is 4.98 Å². The molecule has 3 aromatic rings. The summed E-state index contributed by atoms with van der Waals surface area (Å²) in [4.78, 5) is 9.11. The van der Waals surface area contributed by atoms with Crippen LogP contribution in [0.5, 0.6) is 0 Å². The second kappa shape index (κ2) is 4.42. The minimum atomic E-state index is 0.929. The molecule has 4 heteroatoms. The Hall–Kier alpha value is -2.20. The molecule has 20 heavy (non-hydrogen) atoms. The third kappa shape index (κ3) is 1.72. The van der Waals surface area contributed by atoms with E-state index in [1.807, 2.05) is 25.4 Å². The minimum Gasteiger partial charge on any atom is -0.312 e. The van der Waals surface area contributed by atoms with Crippen molar-refractivity contribution >= 4 is 11.2 Å². The number of imidazole rings is 1. The maximum absolute atomic E-state index is 4.71. The number of aromatic nitrogens is 3. The van der Waals surface area contributed by atoms with Crippen molar-refractivity contribution in [2.45, 2.75) is 13.0 Å². The molecule has 0 aliphatic carbocycles. The zero-order valence-corrected chi connectivity index (χ0v) is 11.4. The molecule has 0 fully saturated rings. The largest absolute Gasteiger partial charge is 0.312 e. The van der Waals surface area contributed by atoms with Gasteiger partial charge in [0.15, 0.2) is 5.65 Å². The fraction of sp³-hybridized carbons (Fsp3) is 0.250. The molecule has 1 aliphatic rings. The lowest BCUT2D eigenvalue weighted by molar-refractivity contribution is 0.644. The second-order valence-electron chi connectivity index (χ2n) is 5.25. The average molecular weight is 264 g/mol. The highest BCUT2D eigenvalue weighted by molar-refractivity contribution is 5.77. The molecule has 0 atom stereocenters. The van der Waals surface area contributed by atoms with Crippen LogP contribution in [0.15, 0.2) is 36.5 Å². The standard InChI is InChI=1S/C16H16N4/c1-20-15(19-14-3-2-7-18-16(14)20)12-5-4-11-6-8-17-10-13(11)9-12/h2-5,7,9,17H,6,8,10H2,1H3. The van der Waals surface area contributed by atoms with Crippen molar-refractivity contribution in [2.24, 2.45) is 7.05 Å². The van der Waals surface area contributed by atoms with Gasteiger partial charge in [0.1, 0.15) is 11.3 Å². The van der Waals surface area contributed by atoms with E-state index in [0.29, 0.717) is 0 Å². The Labute approximate surface area is 117 Å². The van der Waals surface area contributed by atoms with Crippen molar-refractivity contribution in [1.29, 1.82) is 0 Å². The summed E-state index contributed by atoms with van der Waals surface area (Å²) < 4.78 is 2.06. The van der Waals surface area contributed by atoms with Crippen molar-refractivity contribution in [2.75, 3.05) is 6.54 Å². The third-order valence-electron chi connectivity index (χ3n) is 3.98. The van der Waals surface area contributed by atoms with E-state index in [9.17, 15) is 0 Å². The van der Waals surface area contributed by atoms with Crippen molar-refractivity contribution in [1.82, 2.24) is 19.9 Å². The maximum atomic E-state index is 4.71. The van der Waals surface area contributed by atoms with Crippen LogP contribution in [0.1, 0.15) is 11.1 Å². The first-order valence-electron chi connectivity index (χ1n) is 6.93. The predicted molar refractivity (Wildman–Crippen MR) is 79.4 cm³/mol. The van der Waals surface area contributed by atoms with E-state index in [2.05, 4.69) is 33.1 Å². The normalized spacial score (nSPS) is 14.4. The van der Waals surface area contributed by atoms with E-state index >= 15 is 0 Å². The Balaban J connectivity index is 1.88. The fourth-order valence-electron chi connectivity index (χ4n) is 2.90. The lowest BCUT2D eigenvalue weighted by Gasteiger charge is -2.17. The van der Waals surface area contributed by atoms with Gasteiger partial charge in [0, 0.05) is 25.4 Å². The molecule has 4 nitrogen and oxygen atoms in total. The van der Waals surface area contributed by atoms with Gasteiger partial charge in [0.05, 0.1) is 0 Å². The molecule has 4 rings (SSSR count). The van der Waals surface area contributed by atoms with Crippen LogP contribution in [0, 0.1) is 0 Å². The minimum absolute atomic E-state index is 0.929. The van der Waals surface area contributed by atoms with E-state index in [0.717, 1.165) is 42.1 Å². The first-order valence-corrected chi connectivity index (χ1v) is 6.93. The molecular formula is C16H16N4. The topological polar surface area (TPSA) is 42.7 Å². The van der Waals surface area contributed by atoms with E-state index in [1.54, 1.807) is 0 Å². The van der Waals surface area contributed by atoms with Crippen LogP contribution in [0.25, 0.3) is 22.6 Å². The van der Waals surface area contributed by atoms with Crippen LogP contribution in [-0.4, -0.2) is 21.1 Å². The van der Waals surface area contributed by atoms with Gasteiger partial charge in [-0.3, -0.25) is 0 Å². The number of hydrogen-bond donors (Lipinski definition) is 1. The van der Waals surface area contributed by atoms with Gasteiger partial charge in [-0.05, 0) is 42.3 Å². The first kappa shape index (κ1) is 11.6. The fourth-order valence-corrected chi connectivity index (χ4v) is 2.90. The quantitative estimate of drug-likeness (QED) is 0.733. The molecule has 0 bridgehead atoms. The van der Waals surface area contributed by atoms with Gasteiger partial charge in [0.2, 0.25) is 0 Å². The predicted octanol–water partition coefficient (Wildman–Crippen LogP) is 2.28.